The van der Waals surface area contributed by atoms with E-state index in [1.54, 1.807) is 0 Å². The van der Waals surface area contributed by atoms with Gasteiger partial charge in [0.25, 0.3) is 0 Å². The van der Waals surface area contributed by atoms with Gasteiger partial charge in [-0.15, -0.1) is 0 Å². The summed E-state index contributed by atoms with van der Waals surface area (Å²) in [5, 5.41) is 4.10. The largest absolute Gasteiger partial charge is 0.378 e. The average molecular weight is 286 g/mol. The molecule has 1 fully saturated rings. The van der Waals surface area contributed by atoms with Gasteiger partial charge in [-0.25, -0.2) is 0 Å². The number of nitrogens with zero attached hydrogens (tertiary/aromatic N) is 2. The summed E-state index contributed by atoms with van der Waals surface area (Å²) in [4.78, 5) is 4.53. The van der Waals surface area contributed by atoms with Gasteiger partial charge in [0.05, 0.1) is 6.10 Å². The van der Waals surface area contributed by atoms with Crippen molar-refractivity contribution in [2.75, 3.05) is 6.61 Å². The minimum atomic E-state index is 0.399. The van der Waals surface area contributed by atoms with Crippen molar-refractivity contribution in [2.45, 2.75) is 45.1 Å². The van der Waals surface area contributed by atoms with Crippen LogP contribution in [0.25, 0.3) is 0 Å². The lowest BCUT2D eigenvalue weighted by atomic mass is 9.91. The first-order chi connectivity index (χ1) is 10.3. The summed E-state index contributed by atoms with van der Waals surface area (Å²) < 4.78 is 11.1. The first kappa shape index (κ1) is 14.3. The van der Waals surface area contributed by atoms with Crippen LogP contribution in [0.2, 0.25) is 0 Å². The van der Waals surface area contributed by atoms with Crippen molar-refractivity contribution in [1.29, 1.82) is 0 Å². The molecule has 1 aromatic heterocycles. The lowest BCUT2D eigenvalue weighted by molar-refractivity contribution is -0.0115. The van der Waals surface area contributed by atoms with E-state index >= 15 is 0 Å². The van der Waals surface area contributed by atoms with E-state index in [1.807, 2.05) is 18.2 Å². The third-order valence-electron chi connectivity index (χ3n) is 4.11. The normalized spacial score (nSPS) is 22.3. The molecule has 0 aliphatic carbocycles. The van der Waals surface area contributed by atoms with Crippen LogP contribution in [0.4, 0.5) is 0 Å². The third-order valence-corrected chi connectivity index (χ3v) is 4.11. The smallest absolute Gasteiger partial charge is 0.226 e. The Morgan fingerprint density at radius 1 is 1.24 bits per heavy atom. The van der Waals surface area contributed by atoms with Crippen molar-refractivity contribution in [3.8, 4) is 0 Å². The zero-order valence-corrected chi connectivity index (χ0v) is 12.5. The molecule has 0 spiro atoms. The monoisotopic (exact) mass is 286 g/mol. The van der Waals surface area contributed by atoms with Crippen molar-refractivity contribution < 1.29 is 9.26 Å². The average Bonchev–Trinajstić information content (AvgIpc) is 2.95. The maximum atomic E-state index is 5.71. The second kappa shape index (κ2) is 6.85. The van der Waals surface area contributed by atoms with E-state index in [9.17, 15) is 0 Å². The lowest BCUT2D eigenvalue weighted by Crippen LogP contribution is -2.26. The first-order valence-corrected chi connectivity index (χ1v) is 7.80. The molecule has 0 amide bonds. The van der Waals surface area contributed by atoms with Crippen LogP contribution in [-0.2, 0) is 17.6 Å². The summed E-state index contributed by atoms with van der Waals surface area (Å²) in [7, 11) is 0. The van der Waals surface area contributed by atoms with Crippen molar-refractivity contribution >= 4 is 0 Å². The topological polar surface area (TPSA) is 48.2 Å². The molecule has 0 saturated carbocycles. The minimum Gasteiger partial charge on any atom is -0.378 e. The highest BCUT2D eigenvalue weighted by Gasteiger charge is 2.23. The summed E-state index contributed by atoms with van der Waals surface area (Å²) in [6.07, 6.45) is 5.28. The van der Waals surface area contributed by atoms with Crippen LogP contribution in [0.3, 0.4) is 0 Å². The Morgan fingerprint density at radius 2 is 2.10 bits per heavy atom. The third kappa shape index (κ3) is 3.91. The van der Waals surface area contributed by atoms with E-state index in [4.69, 9.17) is 9.26 Å². The summed E-state index contributed by atoms with van der Waals surface area (Å²) in [6.45, 7) is 3.03. The van der Waals surface area contributed by atoms with E-state index in [2.05, 4.69) is 29.2 Å². The van der Waals surface area contributed by atoms with E-state index in [-0.39, 0.29) is 0 Å². The maximum Gasteiger partial charge on any atom is 0.226 e. The van der Waals surface area contributed by atoms with E-state index < -0.39 is 0 Å². The highest BCUT2D eigenvalue weighted by atomic mass is 16.5. The molecule has 2 atom stereocenters. The molecule has 21 heavy (non-hydrogen) atoms. The van der Waals surface area contributed by atoms with Crippen LogP contribution >= 0.6 is 0 Å². The fourth-order valence-corrected chi connectivity index (χ4v) is 2.90. The molecule has 4 nitrogen and oxygen atoms in total. The van der Waals surface area contributed by atoms with Crippen molar-refractivity contribution in [3.63, 3.8) is 0 Å². The number of ether oxygens (including phenoxy) is 1. The van der Waals surface area contributed by atoms with Gasteiger partial charge in [0.1, 0.15) is 0 Å². The van der Waals surface area contributed by atoms with E-state index in [0.717, 1.165) is 50.4 Å². The number of benzene rings is 1. The van der Waals surface area contributed by atoms with Gasteiger partial charge in [-0.2, -0.15) is 4.98 Å². The quantitative estimate of drug-likeness (QED) is 0.845. The Bertz CT molecular complexity index is 553. The Morgan fingerprint density at radius 3 is 2.90 bits per heavy atom. The molecule has 0 bridgehead atoms. The SMILES string of the molecule is CC[C@H]1C[C@@H](Cc2nc(Cc3ccccc3)no2)CCO1. The molecule has 2 aromatic rings. The Balaban J connectivity index is 1.57. The number of hydrogen-bond acceptors (Lipinski definition) is 4. The molecule has 1 aliphatic heterocycles. The molecule has 0 unspecified atom stereocenters. The highest BCUT2D eigenvalue weighted by Crippen LogP contribution is 2.25. The number of hydrogen-bond donors (Lipinski definition) is 0. The molecule has 0 radical (unpaired) electrons. The summed E-state index contributed by atoms with van der Waals surface area (Å²) in [6, 6.07) is 10.2. The van der Waals surface area contributed by atoms with Crippen LogP contribution in [-0.4, -0.2) is 22.9 Å². The first-order valence-electron chi connectivity index (χ1n) is 7.80. The molecule has 1 saturated heterocycles. The Labute approximate surface area is 125 Å². The van der Waals surface area contributed by atoms with Gasteiger partial charge in [0.15, 0.2) is 5.82 Å². The molecule has 2 heterocycles. The highest BCUT2D eigenvalue weighted by molar-refractivity contribution is 5.18. The van der Waals surface area contributed by atoms with Gasteiger partial charge in [-0.3, -0.25) is 0 Å². The van der Waals surface area contributed by atoms with Crippen LogP contribution < -0.4 is 0 Å². The zero-order chi connectivity index (χ0) is 14.5. The second-order valence-corrected chi connectivity index (χ2v) is 5.76. The molecular weight excluding hydrogens is 264 g/mol. The van der Waals surface area contributed by atoms with Gasteiger partial charge < -0.3 is 9.26 Å². The van der Waals surface area contributed by atoms with Crippen LogP contribution in [0.5, 0.6) is 0 Å². The number of rotatable bonds is 5. The van der Waals surface area contributed by atoms with Gasteiger partial charge in [-0.05, 0) is 30.7 Å². The van der Waals surface area contributed by atoms with Crippen molar-refractivity contribution in [1.82, 2.24) is 10.1 Å². The van der Waals surface area contributed by atoms with Crippen LogP contribution in [0.1, 0.15) is 43.5 Å². The van der Waals surface area contributed by atoms with E-state index in [0.29, 0.717) is 12.0 Å². The predicted molar refractivity (Wildman–Crippen MR) is 80.0 cm³/mol. The van der Waals surface area contributed by atoms with Crippen molar-refractivity contribution in [2.24, 2.45) is 5.92 Å². The molecule has 4 heteroatoms. The molecule has 1 aromatic carbocycles. The lowest BCUT2D eigenvalue weighted by Gasteiger charge is -2.27. The van der Waals surface area contributed by atoms with E-state index in [1.165, 1.54) is 5.56 Å². The molecule has 0 N–H and O–H groups in total. The summed E-state index contributed by atoms with van der Waals surface area (Å²) in [5.41, 5.74) is 1.21. The van der Waals surface area contributed by atoms with Crippen LogP contribution in [0.15, 0.2) is 34.9 Å². The molecular formula is C17H22N2O2. The molecule has 112 valence electrons. The standard InChI is InChI=1S/C17H22N2O2/c1-2-15-10-14(8-9-20-15)12-17-18-16(19-21-17)11-13-6-4-3-5-7-13/h3-7,14-15H,2,8-12H2,1H3/t14-,15-/m0/s1. The van der Waals surface area contributed by atoms with Gasteiger partial charge >= 0.3 is 0 Å². The molecule has 3 rings (SSSR count). The van der Waals surface area contributed by atoms with Crippen molar-refractivity contribution in [3.05, 3.63) is 47.6 Å². The van der Waals surface area contributed by atoms with Gasteiger partial charge in [-0.1, -0.05) is 42.4 Å². The fraction of sp³-hybridized carbons (Fsp3) is 0.529. The van der Waals surface area contributed by atoms with Gasteiger partial charge in [0.2, 0.25) is 5.89 Å². The zero-order valence-electron chi connectivity index (χ0n) is 12.5. The summed E-state index contributed by atoms with van der Waals surface area (Å²) in [5.74, 6) is 2.15. The molecule has 1 aliphatic rings. The summed E-state index contributed by atoms with van der Waals surface area (Å²) >= 11 is 0. The Hall–Kier alpha value is -1.68. The Kier molecular flexibility index (Phi) is 4.65. The van der Waals surface area contributed by atoms with Gasteiger partial charge in [0, 0.05) is 19.4 Å². The second-order valence-electron chi connectivity index (χ2n) is 5.76. The fourth-order valence-electron chi connectivity index (χ4n) is 2.90. The number of aromatic nitrogens is 2. The maximum absolute atomic E-state index is 5.71. The minimum absolute atomic E-state index is 0.399. The van der Waals surface area contributed by atoms with Crippen LogP contribution in [0, 0.1) is 5.92 Å². The predicted octanol–water partition coefficient (Wildman–Crippen LogP) is 3.41.